The van der Waals surface area contributed by atoms with E-state index in [2.05, 4.69) is 41.2 Å². The second kappa shape index (κ2) is 10.1. The lowest BCUT2D eigenvalue weighted by Gasteiger charge is -2.06. The van der Waals surface area contributed by atoms with E-state index in [0.717, 1.165) is 23.9 Å². The molecule has 0 saturated heterocycles. The first kappa shape index (κ1) is 23.1. The number of rotatable bonds is 8. The van der Waals surface area contributed by atoms with Gasteiger partial charge in [-0.3, -0.25) is 15.5 Å². The SMILES string of the molecule is NS(=O)(=O)CC(=O)NCCSc1nonc1C(=Nc1ccc(F)c(Br)c1F)NO. The minimum atomic E-state index is -3.93. The van der Waals surface area contributed by atoms with Gasteiger partial charge in [0.25, 0.3) is 0 Å². The van der Waals surface area contributed by atoms with Gasteiger partial charge in [-0.15, -0.1) is 0 Å². The first-order valence-electron chi connectivity index (χ1n) is 7.47. The van der Waals surface area contributed by atoms with Crippen molar-refractivity contribution in [2.45, 2.75) is 5.03 Å². The van der Waals surface area contributed by atoms with E-state index in [1.165, 1.54) is 0 Å². The molecule has 158 valence electrons. The molecule has 1 amide bonds. The molecule has 1 heterocycles. The number of nitrogens with two attached hydrogens (primary N) is 1. The maximum atomic E-state index is 14.1. The summed E-state index contributed by atoms with van der Waals surface area (Å²) >= 11 is 3.76. The average Bonchev–Trinajstić information content (AvgIpc) is 3.10. The number of hydrogen-bond donors (Lipinski definition) is 4. The average molecular weight is 515 g/mol. The molecule has 0 spiro atoms. The fourth-order valence-corrected chi connectivity index (χ4v) is 3.40. The van der Waals surface area contributed by atoms with Crippen LogP contribution >= 0.6 is 27.7 Å². The molecule has 0 atom stereocenters. The van der Waals surface area contributed by atoms with Crippen molar-refractivity contribution < 1.29 is 31.8 Å². The lowest BCUT2D eigenvalue weighted by Crippen LogP contribution is -2.34. The Hall–Kier alpha value is -2.14. The van der Waals surface area contributed by atoms with E-state index < -0.39 is 37.8 Å². The van der Waals surface area contributed by atoms with E-state index in [9.17, 15) is 27.2 Å². The number of amides is 1. The molecule has 2 aromatic rings. The van der Waals surface area contributed by atoms with Gasteiger partial charge in [-0.25, -0.2) is 32.0 Å². The zero-order valence-electron chi connectivity index (χ0n) is 14.2. The van der Waals surface area contributed by atoms with Crippen LogP contribution in [0.25, 0.3) is 0 Å². The van der Waals surface area contributed by atoms with Crippen LogP contribution in [-0.4, -0.2) is 53.7 Å². The number of hydroxylamine groups is 1. The van der Waals surface area contributed by atoms with Gasteiger partial charge in [0.2, 0.25) is 15.9 Å². The molecule has 11 nitrogen and oxygen atoms in total. The molecule has 2 rings (SSSR count). The number of carbonyl (C=O) groups is 1. The molecule has 29 heavy (non-hydrogen) atoms. The second-order valence-electron chi connectivity index (χ2n) is 5.19. The standard InChI is InChI=1S/C13H13BrF2N6O5S2/c14-9-6(15)1-2-7(10(9)16)19-12(20-24)11-13(22-27-21-11)28-4-3-18-8(23)5-29(17,25)26/h1-2,24H,3-5H2,(H,18,23)(H,19,20)(H2,17,25,26). The van der Waals surface area contributed by atoms with Crippen molar-refractivity contribution in [3.63, 3.8) is 0 Å². The lowest BCUT2D eigenvalue weighted by molar-refractivity contribution is -0.118. The molecule has 0 aliphatic heterocycles. The van der Waals surface area contributed by atoms with Crippen molar-refractivity contribution in [3.05, 3.63) is 33.9 Å². The van der Waals surface area contributed by atoms with Gasteiger partial charge in [-0.1, -0.05) is 11.8 Å². The third kappa shape index (κ3) is 6.70. The van der Waals surface area contributed by atoms with Gasteiger partial charge in [-0.2, -0.15) is 0 Å². The number of sulfonamides is 1. The van der Waals surface area contributed by atoms with Crippen LogP contribution in [0.2, 0.25) is 0 Å². The van der Waals surface area contributed by atoms with Crippen LogP contribution in [-0.2, 0) is 14.8 Å². The monoisotopic (exact) mass is 514 g/mol. The van der Waals surface area contributed by atoms with Gasteiger partial charge >= 0.3 is 0 Å². The van der Waals surface area contributed by atoms with Crippen LogP contribution in [0.15, 0.2) is 31.3 Å². The summed E-state index contributed by atoms with van der Waals surface area (Å²) in [6.07, 6.45) is 0. The predicted molar refractivity (Wildman–Crippen MR) is 101 cm³/mol. The normalized spacial score (nSPS) is 12.1. The van der Waals surface area contributed by atoms with Crippen LogP contribution in [0.5, 0.6) is 0 Å². The summed E-state index contributed by atoms with van der Waals surface area (Å²) in [7, 11) is -3.93. The molecular weight excluding hydrogens is 502 g/mol. The van der Waals surface area contributed by atoms with Gasteiger partial charge in [0.1, 0.15) is 17.3 Å². The minimum Gasteiger partial charge on any atom is -0.354 e. The van der Waals surface area contributed by atoms with Gasteiger partial charge < -0.3 is 5.32 Å². The molecule has 0 saturated carbocycles. The third-order valence-corrected chi connectivity index (χ3v) is 5.37. The van der Waals surface area contributed by atoms with Crippen molar-refractivity contribution in [2.75, 3.05) is 18.1 Å². The molecule has 5 N–H and O–H groups in total. The topological polar surface area (TPSA) is 173 Å². The van der Waals surface area contributed by atoms with Crippen LogP contribution < -0.4 is 15.9 Å². The Morgan fingerprint density at radius 3 is 2.76 bits per heavy atom. The first-order valence-corrected chi connectivity index (χ1v) is 11.0. The maximum absolute atomic E-state index is 14.1. The van der Waals surface area contributed by atoms with Crippen LogP contribution in [0.3, 0.4) is 0 Å². The highest BCUT2D eigenvalue weighted by Gasteiger charge is 2.19. The van der Waals surface area contributed by atoms with Gasteiger partial charge in [0.05, 0.1) is 4.47 Å². The highest BCUT2D eigenvalue weighted by atomic mass is 79.9. The van der Waals surface area contributed by atoms with E-state index in [0.29, 0.717) is 0 Å². The fraction of sp³-hybridized carbons (Fsp3) is 0.231. The molecular formula is C13H13BrF2N6O5S2. The van der Waals surface area contributed by atoms with Crippen molar-refractivity contribution in [2.24, 2.45) is 10.1 Å². The number of benzene rings is 1. The Balaban J connectivity index is 2.08. The van der Waals surface area contributed by atoms with Crippen molar-refractivity contribution >= 4 is 55.1 Å². The Morgan fingerprint density at radius 2 is 2.10 bits per heavy atom. The fourth-order valence-electron chi connectivity index (χ4n) is 1.85. The summed E-state index contributed by atoms with van der Waals surface area (Å²) in [5.41, 5.74) is 1.36. The van der Waals surface area contributed by atoms with Crippen molar-refractivity contribution in [3.8, 4) is 0 Å². The third-order valence-electron chi connectivity index (χ3n) is 3.03. The van der Waals surface area contributed by atoms with E-state index in [-0.39, 0.29) is 34.5 Å². The zero-order valence-corrected chi connectivity index (χ0v) is 17.4. The molecule has 0 aliphatic carbocycles. The number of carbonyl (C=O) groups excluding carboxylic acids is 1. The zero-order chi connectivity index (χ0) is 21.6. The summed E-state index contributed by atoms with van der Waals surface area (Å²) in [6.45, 7) is 0.0594. The molecule has 0 bridgehead atoms. The molecule has 16 heteroatoms. The molecule has 1 aromatic carbocycles. The highest BCUT2D eigenvalue weighted by molar-refractivity contribution is 9.10. The van der Waals surface area contributed by atoms with Crippen LogP contribution in [0, 0.1) is 11.6 Å². The predicted octanol–water partition coefficient (Wildman–Crippen LogP) is 0.664. The quantitative estimate of drug-likeness (QED) is 0.0984. The number of nitrogens with zero attached hydrogens (tertiary/aromatic N) is 3. The smallest absolute Gasteiger partial charge is 0.236 e. The number of nitrogens with one attached hydrogen (secondary N) is 2. The van der Waals surface area contributed by atoms with E-state index in [1.54, 1.807) is 5.48 Å². The largest absolute Gasteiger partial charge is 0.354 e. The van der Waals surface area contributed by atoms with E-state index in [1.807, 2.05) is 0 Å². The number of thioether (sulfide) groups is 1. The summed E-state index contributed by atoms with van der Waals surface area (Å²) < 4.78 is 53.2. The van der Waals surface area contributed by atoms with Gasteiger partial charge in [-0.05, 0) is 38.4 Å². The number of aliphatic imine (C=N–C) groups is 1. The van der Waals surface area contributed by atoms with E-state index >= 15 is 0 Å². The Kier molecular flexibility index (Phi) is 8.03. The molecule has 0 fully saturated rings. The Morgan fingerprint density at radius 1 is 1.38 bits per heavy atom. The number of halogens is 3. The summed E-state index contributed by atoms with van der Waals surface area (Å²) in [6, 6.07) is 2.02. The van der Waals surface area contributed by atoms with Crippen molar-refractivity contribution in [1.82, 2.24) is 21.1 Å². The Labute approximate surface area is 175 Å². The van der Waals surface area contributed by atoms with Gasteiger partial charge in [0, 0.05) is 12.3 Å². The molecule has 1 aromatic heterocycles. The number of hydrogen-bond acceptors (Lipinski definition) is 9. The van der Waals surface area contributed by atoms with E-state index in [4.69, 9.17) is 5.14 Å². The molecule has 0 aliphatic rings. The van der Waals surface area contributed by atoms with Crippen molar-refractivity contribution in [1.29, 1.82) is 0 Å². The Bertz CT molecular complexity index is 1030. The number of primary sulfonamides is 1. The first-order chi connectivity index (χ1) is 13.6. The summed E-state index contributed by atoms with van der Waals surface area (Å²) in [5, 5.41) is 23.7. The number of aromatic nitrogens is 2. The highest BCUT2D eigenvalue weighted by Crippen LogP contribution is 2.29. The minimum absolute atomic E-state index is 0.0594. The second-order valence-corrected chi connectivity index (χ2v) is 8.68. The maximum Gasteiger partial charge on any atom is 0.236 e. The number of amidine groups is 1. The molecule has 0 radical (unpaired) electrons. The molecule has 0 unspecified atom stereocenters. The summed E-state index contributed by atoms with van der Waals surface area (Å²) in [5.74, 6) is -3.57. The van der Waals surface area contributed by atoms with Crippen LogP contribution in [0.1, 0.15) is 5.69 Å². The summed E-state index contributed by atoms with van der Waals surface area (Å²) in [4.78, 5) is 15.2. The lowest BCUT2D eigenvalue weighted by atomic mass is 10.3. The van der Waals surface area contributed by atoms with Gasteiger partial charge in [0.15, 0.2) is 22.4 Å². The van der Waals surface area contributed by atoms with Crippen LogP contribution in [0.4, 0.5) is 14.5 Å².